The van der Waals surface area contributed by atoms with Gasteiger partial charge in [0.1, 0.15) is 11.6 Å². The van der Waals surface area contributed by atoms with Gasteiger partial charge in [0.05, 0.1) is 17.6 Å². The number of aryl methyl sites for hydroxylation is 1. The van der Waals surface area contributed by atoms with Crippen molar-refractivity contribution in [3.63, 3.8) is 0 Å². The van der Waals surface area contributed by atoms with Crippen LogP contribution in [0.5, 0.6) is 0 Å². The fourth-order valence-electron chi connectivity index (χ4n) is 3.13. The zero-order chi connectivity index (χ0) is 17.7. The van der Waals surface area contributed by atoms with Crippen LogP contribution in [0.1, 0.15) is 23.7 Å². The van der Waals surface area contributed by atoms with E-state index in [0.29, 0.717) is 11.2 Å². The molecular formula is C17H16N8S. The van der Waals surface area contributed by atoms with E-state index in [9.17, 15) is 0 Å². The number of aromatic nitrogens is 7. The SMILES string of the molecule is CC1SCc2nnc3cc(-c4ccnc(Nc5ccnn5C)n4)cc1n23. The average molecular weight is 364 g/mol. The highest BCUT2D eigenvalue weighted by Gasteiger charge is 2.22. The van der Waals surface area contributed by atoms with E-state index in [0.717, 1.165) is 34.3 Å². The van der Waals surface area contributed by atoms with Crippen LogP contribution < -0.4 is 5.32 Å². The molecular weight excluding hydrogens is 348 g/mol. The van der Waals surface area contributed by atoms with Crippen molar-refractivity contribution >= 4 is 29.2 Å². The van der Waals surface area contributed by atoms with Crippen molar-refractivity contribution in [2.24, 2.45) is 7.05 Å². The van der Waals surface area contributed by atoms with E-state index in [2.05, 4.69) is 48.0 Å². The van der Waals surface area contributed by atoms with Crippen molar-refractivity contribution in [1.82, 2.24) is 34.3 Å². The molecule has 8 nitrogen and oxygen atoms in total. The summed E-state index contributed by atoms with van der Waals surface area (Å²) in [5.74, 6) is 3.26. The minimum Gasteiger partial charge on any atom is -0.309 e. The molecule has 0 saturated heterocycles. The quantitative estimate of drug-likeness (QED) is 0.598. The van der Waals surface area contributed by atoms with E-state index in [1.165, 1.54) is 5.69 Å². The second kappa shape index (κ2) is 5.80. The van der Waals surface area contributed by atoms with Crippen molar-refractivity contribution in [3.8, 4) is 11.3 Å². The van der Waals surface area contributed by atoms with Crippen molar-refractivity contribution in [2.45, 2.75) is 17.9 Å². The number of anilines is 2. The van der Waals surface area contributed by atoms with Gasteiger partial charge < -0.3 is 5.32 Å². The summed E-state index contributed by atoms with van der Waals surface area (Å²) in [6.45, 7) is 2.21. The fourth-order valence-corrected chi connectivity index (χ4v) is 4.06. The van der Waals surface area contributed by atoms with Crippen LogP contribution in [0, 0.1) is 0 Å². The molecule has 5 rings (SSSR count). The molecule has 1 unspecified atom stereocenters. The molecule has 1 aliphatic rings. The molecule has 5 heterocycles. The number of rotatable bonds is 3. The van der Waals surface area contributed by atoms with Gasteiger partial charge in [-0.3, -0.25) is 9.08 Å². The van der Waals surface area contributed by atoms with E-state index < -0.39 is 0 Å². The molecule has 0 amide bonds. The smallest absolute Gasteiger partial charge is 0.228 e. The highest BCUT2D eigenvalue weighted by molar-refractivity contribution is 7.98. The summed E-state index contributed by atoms with van der Waals surface area (Å²) in [5.41, 5.74) is 3.92. The molecule has 0 bridgehead atoms. The molecule has 0 radical (unpaired) electrons. The number of hydrogen-bond donors (Lipinski definition) is 1. The average Bonchev–Trinajstić information content (AvgIpc) is 3.25. The van der Waals surface area contributed by atoms with Gasteiger partial charge in [-0.1, -0.05) is 0 Å². The van der Waals surface area contributed by atoms with Crippen molar-refractivity contribution in [2.75, 3.05) is 5.32 Å². The molecule has 1 aliphatic heterocycles. The molecule has 4 aromatic rings. The molecule has 26 heavy (non-hydrogen) atoms. The Labute approximate surface area is 153 Å². The first kappa shape index (κ1) is 15.3. The van der Waals surface area contributed by atoms with Gasteiger partial charge in [0.25, 0.3) is 0 Å². The lowest BCUT2D eigenvalue weighted by molar-refractivity contribution is 0.775. The van der Waals surface area contributed by atoms with Gasteiger partial charge in [0.2, 0.25) is 5.95 Å². The van der Waals surface area contributed by atoms with Gasteiger partial charge in [0.15, 0.2) is 5.65 Å². The fraction of sp³-hybridized carbons (Fsp3) is 0.235. The minimum absolute atomic E-state index is 0.384. The number of thioether (sulfide) groups is 1. The largest absolute Gasteiger partial charge is 0.309 e. The third-order valence-electron chi connectivity index (χ3n) is 4.49. The van der Waals surface area contributed by atoms with Gasteiger partial charge >= 0.3 is 0 Å². The highest BCUT2D eigenvalue weighted by atomic mass is 32.2. The van der Waals surface area contributed by atoms with Crippen LogP contribution in [0.25, 0.3) is 16.9 Å². The van der Waals surface area contributed by atoms with Crippen LogP contribution in [0.15, 0.2) is 36.7 Å². The van der Waals surface area contributed by atoms with Crippen LogP contribution in [-0.4, -0.2) is 34.3 Å². The Hall–Kier alpha value is -2.94. The summed E-state index contributed by atoms with van der Waals surface area (Å²) < 4.78 is 3.89. The lowest BCUT2D eigenvalue weighted by atomic mass is 10.1. The molecule has 0 aliphatic carbocycles. The third kappa shape index (κ3) is 2.43. The number of nitrogens with one attached hydrogen (secondary N) is 1. The molecule has 0 aromatic carbocycles. The lowest BCUT2D eigenvalue weighted by Crippen LogP contribution is -2.09. The number of nitrogens with zero attached hydrogens (tertiary/aromatic N) is 7. The van der Waals surface area contributed by atoms with Crippen LogP contribution in [0.4, 0.5) is 11.8 Å². The summed E-state index contributed by atoms with van der Waals surface area (Å²) in [7, 11) is 1.87. The number of hydrogen-bond acceptors (Lipinski definition) is 7. The van der Waals surface area contributed by atoms with Crippen molar-refractivity contribution < 1.29 is 0 Å². The maximum Gasteiger partial charge on any atom is 0.228 e. The minimum atomic E-state index is 0.384. The summed E-state index contributed by atoms with van der Waals surface area (Å²) in [6, 6.07) is 7.99. The molecule has 130 valence electrons. The standard InChI is InChI=1S/C17H16N8S/c1-10-13-7-11(8-15-22-23-16(9-26-10)25(13)15)12-3-5-18-17(20-12)21-14-4-6-19-24(14)2/h3-8,10H,9H2,1-2H3,(H,18,20,21). The maximum atomic E-state index is 4.66. The molecule has 1 atom stereocenters. The summed E-state index contributed by atoms with van der Waals surface area (Å²) in [6.07, 6.45) is 3.48. The van der Waals surface area contributed by atoms with Gasteiger partial charge in [0, 0.05) is 35.8 Å². The van der Waals surface area contributed by atoms with Gasteiger partial charge in [-0.2, -0.15) is 5.10 Å². The summed E-state index contributed by atoms with van der Waals surface area (Å²) in [5, 5.41) is 16.4. The predicted octanol–water partition coefficient (Wildman–Crippen LogP) is 2.97. The third-order valence-corrected chi connectivity index (χ3v) is 5.66. The van der Waals surface area contributed by atoms with E-state index in [1.807, 2.05) is 37.0 Å². The molecule has 0 saturated carbocycles. The second-order valence-corrected chi connectivity index (χ2v) is 7.49. The Morgan fingerprint density at radius 3 is 2.96 bits per heavy atom. The molecule has 1 N–H and O–H groups in total. The predicted molar refractivity (Wildman–Crippen MR) is 100 cm³/mol. The van der Waals surface area contributed by atoms with Crippen LogP contribution in [0.3, 0.4) is 0 Å². The van der Waals surface area contributed by atoms with Gasteiger partial charge in [-0.25, -0.2) is 9.97 Å². The normalized spacial score (nSPS) is 16.2. The molecule has 9 heteroatoms. The Kier molecular flexibility index (Phi) is 3.42. The van der Waals surface area contributed by atoms with Crippen LogP contribution in [-0.2, 0) is 12.8 Å². The molecule has 4 aromatic heterocycles. The highest BCUT2D eigenvalue weighted by Crippen LogP contribution is 2.37. The second-order valence-electron chi connectivity index (χ2n) is 6.16. The Morgan fingerprint density at radius 1 is 1.19 bits per heavy atom. The maximum absolute atomic E-state index is 4.66. The first-order chi connectivity index (χ1) is 12.7. The lowest BCUT2D eigenvalue weighted by Gasteiger charge is -2.20. The zero-order valence-corrected chi connectivity index (χ0v) is 15.1. The first-order valence-corrected chi connectivity index (χ1v) is 9.32. The van der Waals surface area contributed by atoms with Crippen LogP contribution >= 0.6 is 11.8 Å². The topological polar surface area (TPSA) is 85.8 Å². The first-order valence-electron chi connectivity index (χ1n) is 8.27. The van der Waals surface area contributed by atoms with E-state index in [1.54, 1.807) is 17.1 Å². The Balaban J connectivity index is 1.58. The number of pyridine rings is 1. The Bertz CT molecular complexity index is 1120. The monoisotopic (exact) mass is 364 g/mol. The van der Waals surface area contributed by atoms with E-state index in [-0.39, 0.29) is 0 Å². The van der Waals surface area contributed by atoms with E-state index in [4.69, 9.17) is 0 Å². The van der Waals surface area contributed by atoms with Gasteiger partial charge in [-0.05, 0) is 25.1 Å². The zero-order valence-electron chi connectivity index (χ0n) is 14.3. The van der Waals surface area contributed by atoms with Crippen LogP contribution in [0.2, 0.25) is 0 Å². The summed E-state index contributed by atoms with van der Waals surface area (Å²) >= 11 is 1.87. The van der Waals surface area contributed by atoms with Gasteiger partial charge in [-0.15, -0.1) is 22.0 Å². The van der Waals surface area contributed by atoms with Crippen molar-refractivity contribution in [1.29, 1.82) is 0 Å². The Morgan fingerprint density at radius 2 is 2.12 bits per heavy atom. The molecule has 0 spiro atoms. The van der Waals surface area contributed by atoms with E-state index >= 15 is 0 Å². The molecule has 0 fully saturated rings. The summed E-state index contributed by atoms with van der Waals surface area (Å²) in [4.78, 5) is 8.98. The van der Waals surface area contributed by atoms with Crippen molar-refractivity contribution in [3.05, 3.63) is 48.2 Å².